The van der Waals surface area contributed by atoms with E-state index in [4.69, 9.17) is 0 Å². The monoisotopic (exact) mass is 389 g/mol. The molecule has 0 fully saturated rings. The highest BCUT2D eigenvalue weighted by Crippen LogP contribution is 2.25. The van der Waals surface area contributed by atoms with Gasteiger partial charge in [-0.15, -0.1) is 0 Å². The van der Waals surface area contributed by atoms with Crippen LogP contribution in [0.5, 0.6) is 0 Å². The van der Waals surface area contributed by atoms with Crippen molar-refractivity contribution in [1.82, 2.24) is 0 Å². The zero-order valence-corrected chi connectivity index (χ0v) is 13.3. The number of aryl methyl sites for hydroxylation is 1. The minimum atomic E-state index is -0.449. The molecule has 0 aliphatic heterocycles. The summed E-state index contributed by atoms with van der Waals surface area (Å²) in [4.78, 5) is 0. The van der Waals surface area contributed by atoms with E-state index in [2.05, 4.69) is 37.2 Å². The van der Waals surface area contributed by atoms with E-state index in [0.717, 1.165) is 14.5 Å². The van der Waals surface area contributed by atoms with Crippen molar-refractivity contribution in [2.75, 3.05) is 5.32 Å². The molecule has 2 aromatic carbocycles. The molecule has 0 radical (unpaired) electrons. The van der Waals surface area contributed by atoms with Gasteiger partial charge in [0.25, 0.3) is 0 Å². The lowest BCUT2D eigenvalue weighted by Crippen LogP contribution is -2.02. The standard InChI is InChI=1S/C14H11Br2F2N/c1-8-4-13(18)14(6-12(8)17)19-7-9-2-3-10(15)11(16)5-9/h2-6,19H,7H2,1H3. The number of hydrogen-bond donors (Lipinski definition) is 1. The average Bonchev–Trinajstić information content (AvgIpc) is 2.36. The van der Waals surface area contributed by atoms with Gasteiger partial charge in [0.05, 0.1) is 5.69 Å². The summed E-state index contributed by atoms with van der Waals surface area (Å²) in [6, 6.07) is 8.09. The minimum absolute atomic E-state index is 0.169. The SMILES string of the molecule is Cc1cc(F)c(NCc2ccc(Br)c(Br)c2)cc1F. The van der Waals surface area contributed by atoms with Crippen LogP contribution in [0, 0.1) is 18.6 Å². The van der Waals surface area contributed by atoms with E-state index in [0.29, 0.717) is 12.1 Å². The Balaban J connectivity index is 2.14. The van der Waals surface area contributed by atoms with E-state index in [1.807, 2.05) is 18.2 Å². The highest BCUT2D eigenvalue weighted by molar-refractivity contribution is 9.13. The van der Waals surface area contributed by atoms with Gasteiger partial charge in [-0.25, -0.2) is 8.78 Å². The Bertz CT molecular complexity index is 615. The Labute approximate surface area is 127 Å². The summed E-state index contributed by atoms with van der Waals surface area (Å²) in [5.74, 6) is -0.865. The van der Waals surface area contributed by atoms with Gasteiger partial charge in [-0.1, -0.05) is 6.07 Å². The van der Waals surface area contributed by atoms with E-state index in [-0.39, 0.29) is 5.69 Å². The molecule has 0 unspecified atom stereocenters. The molecule has 2 rings (SSSR count). The summed E-state index contributed by atoms with van der Waals surface area (Å²) >= 11 is 6.78. The summed E-state index contributed by atoms with van der Waals surface area (Å²) in [6.45, 7) is 1.96. The van der Waals surface area contributed by atoms with Gasteiger partial charge in [0.1, 0.15) is 11.6 Å². The zero-order chi connectivity index (χ0) is 14.0. The number of benzene rings is 2. The molecule has 0 amide bonds. The predicted octanol–water partition coefficient (Wildman–Crippen LogP) is 5.41. The first-order valence-electron chi connectivity index (χ1n) is 5.61. The van der Waals surface area contributed by atoms with E-state index in [1.54, 1.807) is 0 Å². The third-order valence-corrected chi connectivity index (χ3v) is 4.59. The second-order valence-corrected chi connectivity index (χ2v) is 5.89. The predicted molar refractivity (Wildman–Crippen MR) is 80.3 cm³/mol. The van der Waals surface area contributed by atoms with E-state index in [9.17, 15) is 8.78 Å². The third kappa shape index (κ3) is 3.54. The van der Waals surface area contributed by atoms with Crippen LogP contribution in [0.2, 0.25) is 0 Å². The Hall–Kier alpha value is -0.940. The molecule has 0 aromatic heterocycles. The van der Waals surface area contributed by atoms with Crippen molar-refractivity contribution in [3.8, 4) is 0 Å². The van der Waals surface area contributed by atoms with Gasteiger partial charge in [0.2, 0.25) is 0 Å². The van der Waals surface area contributed by atoms with Crippen molar-refractivity contribution in [3.05, 3.63) is 62.0 Å². The van der Waals surface area contributed by atoms with Gasteiger partial charge >= 0.3 is 0 Å². The van der Waals surface area contributed by atoms with Crippen LogP contribution in [0.15, 0.2) is 39.3 Å². The van der Waals surface area contributed by atoms with Gasteiger partial charge in [0, 0.05) is 21.6 Å². The van der Waals surface area contributed by atoms with Gasteiger partial charge < -0.3 is 5.32 Å². The maximum absolute atomic E-state index is 13.6. The van der Waals surface area contributed by atoms with Crippen molar-refractivity contribution in [3.63, 3.8) is 0 Å². The van der Waals surface area contributed by atoms with E-state index < -0.39 is 11.6 Å². The molecule has 0 saturated carbocycles. The maximum Gasteiger partial charge on any atom is 0.146 e. The molecule has 0 atom stereocenters. The van der Waals surface area contributed by atoms with E-state index >= 15 is 0 Å². The Morgan fingerprint density at radius 1 is 1.00 bits per heavy atom. The van der Waals surface area contributed by atoms with Crippen molar-refractivity contribution < 1.29 is 8.78 Å². The second kappa shape index (κ2) is 6.01. The van der Waals surface area contributed by atoms with E-state index in [1.165, 1.54) is 19.1 Å². The summed E-state index contributed by atoms with van der Waals surface area (Å²) in [6.07, 6.45) is 0. The number of halogens is 4. The Morgan fingerprint density at radius 2 is 1.74 bits per heavy atom. The van der Waals surface area contributed by atoms with Crippen molar-refractivity contribution >= 4 is 37.5 Å². The quantitative estimate of drug-likeness (QED) is 0.738. The van der Waals surface area contributed by atoms with Gasteiger partial charge in [0.15, 0.2) is 0 Å². The summed E-state index contributed by atoms with van der Waals surface area (Å²) < 4.78 is 28.9. The maximum atomic E-state index is 13.6. The van der Waals surface area contributed by atoms with Crippen LogP contribution in [0.4, 0.5) is 14.5 Å². The molecule has 1 nitrogen and oxygen atoms in total. The zero-order valence-electron chi connectivity index (χ0n) is 10.1. The first kappa shape index (κ1) is 14.5. The fourth-order valence-corrected chi connectivity index (χ4v) is 2.30. The lowest BCUT2D eigenvalue weighted by molar-refractivity contribution is 0.594. The molecule has 0 aliphatic rings. The van der Waals surface area contributed by atoms with Crippen LogP contribution >= 0.6 is 31.9 Å². The first-order chi connectivity index (χ1) is 8.97. The molecule has 0 saturated heterocycles. The lowest BCUT2D eigenvalue weighted by Gasteiger charge is -2.10. The highest BCUT2D eigenvalue weighted by Gasteiger charge is 2.07. The fraction of sp³-hybridized carbons (Fsp3) is 0.143. The molecule has 0 heterocycles. The molecule has 100 valence electrons. The van der Waals surface area contributed by atoms with Crippen molar-refractivity contribution in [2.45, 2.75) is 13.5 Å². The van der Waals surface area contributed by atoms with Crippen molar-refractivity contribution in [2.24, 2.45) is 0 Å². The largest absolute Gasteiger partial charge is 0.379 e. The summed E-state index contributed by atoms with van der Waals surface area (Å²) in [5.41, 5.74) is 1.44. The average molecular weight is 391 g/mol. The molecule has 0 spiro atoms. The molecule has 0 aliphatic carbocycles. The lowest BCUT2D eigenvalue weighted by atomic mass is 10.2. The molecular weight excluding hydrogens is 380 g/mol. The van der Waals surface area contributed by atoms with Gasteiger partial charge in [-0.2, -0.15) is 0 Å². The molecule has 1 N–H and O–H groups in total. The van der Waals surface area contributed by atoms with Crippen LogP contribution in [0.25, 0.3) is 0 Å². The van der Waals surface area contributed by atoms with Crippen LogP contribution in [0.3, 0.4) is 0 Å². The van der Waals surface area contributed by atoms with Crippen molar-refractivity contribution in [1.29, 1.82) is 0 Å². The second-order valence-electron chi connectivity index (χ2n) is 4.18. The number of rotatable bonds is 3. The molecule has 2 aromatic rings. The Kier molecular flexibility index (Phi) is 4.58. The fourth-order valence-electron chi connectivity index (χ4n) is 1.63. The van der Waals surface area contributed by atoms with Crippen LogP contribution in [-0.2, 0) is 6.54 Å². The van der Waals surface area contributed by atoms with Gasteiger partial charge in [-0.05, 0) is 68.1 Å². The van der Waals surface area contributed by atoms with Crippen LogP contribution in [-0.4, -0.2) is 0 Å². The molecule has 5 heteroatoms. The Morgan fingerprint density at radius 3 is 2.42 bits per heavy atom. The molecule has 0 bridgehead atoms. The smallest absolute Gasteiger partial charge is 0.146 e. The summed E-state index contributed by atoms with van der Waals surface area (Å²) in [7, 11) is 0. The van der Waals surface area contributed by atoms with Crippen LogP contribution in [0.1, 0.15) is 11.1 Å². The molecular formula is C14H11Br2F2N. The molecule has 19 heavy (non-hydrogen) atoms. The third-order valence-electron chi connectivity index (χ3n) is 2.72. The highest BCUT2D eigenvalue weighted by atomic mass is 79.9. The number of nitrogens with one attached hydrogen (secondary N) is 1. The van der Waals surface area contributed by atoms with Gasteiger partial charge in [-0.3, -0.25) is 0 Å². The number of anilines is 1. The minimum Gasteiger partial charge on any atom is -0.379 e. The first-order valence-corrected chi connectivity index (χ1v) is 7.19. The summed E-state index contributed by atoms with van der Waals surface area (Å²) in [5, 5.41) is 2.89. The van der Waals surface area contributed by atoms with Crippen LogP contribution < -0.4 is 5.32 Å². The number of hydrogen-bond acceptors (Lipinski definition) is 1. The topological polar surface area (TPSA) is 12.0 Å². The normalized spacial score (nSPS) is 10.6.